The number of nitro benzene ring substituents is 1. The average Bonchev–Trinajstić information content (AvgIpc) is 2.29. The van der Waals surface area contributed by atoms with Crippen molar-refractivity contribution in [3.05, 3.63) is 39.4 Å². The molecular formula is C10H9F3N2O2. The van der Waals surface area contributed by atoms with Crippen LogP contribution in [0.2, 0.25) is 0 Å². The molecule has 0 atom stereocenters. The highest BCUT2D eigenvalue weighted by atomic mass is 19.4. The number of nitrogens with zero attached hydrogens (tertiary/aromatic N) is 2. The van der Waals surface area contributed by atoms with E-state index in [0.29, 0.717) is 12.1 Å². The fourth-order valence-corrected chi connectivity index (χ4v) is 0.945. The Hall–Kier alpha value is -2.10. The fraction of sp³-hybridized carbons (Fsp3) is 0.300. The molecule has 0 aromatic heterocycles. The van der Waals surface area contributed by atoms with Crippen LogP contribution in [0.5, 0.6) is 0 Å². The molecule has 17 heavy (non-hydrogen) atoms. The highest BCUT2D eigenvalue weighted by molar-refractivity contribution is 5.45. The first kappa shape index (κ1) is 14.9. The summed E-state index contributed by atoms with van der Waals surface area (Å²) in [5, 5.41) is 18.7. The maximum atomic E-state index is 12.2. The molecule has 0 N–H and O–H groups in total. The molecule has 0 heterocycles. The van der Waals surface area contributed by atoms with Crippen LogP contribution in [0.15, 0.2) is 18.2 Å². The predicted molar refractivity (Wildman–Crippen MR) is 54.2 cm³/mol. The second-order valence-electron chi connectivity index (χ2n) is 2.64. The molecule has 0 unspecified atom stereocenters. The van der Waals surface area contributed by atoms with Crippen LogP contribution in [0.25, 0.3) is 0 Å². The van der Waals surface area contributed by atoms with Crippen LogP contribution in [0, 0.1) is 21.4 Å². The van der Waals surface area contributed by atoms with Gasteiger partial charge in [0, 0.05) is 12.1 Å². The summed E-state index contributed by atoms with van der Waals surface area (Å²) in [6.45, 7) is 4.00. The fourth-order valence-electron chi connectivity index (χ4n) is 0.945. The van der Waals surface area contributed by atoms with Gasteiger partial charge in [-0.1, -0.05) is 13.8 Å². The monoisotopic (exact) mass is 246 g/mol. The Bertz CT molecular complexity index is 450. The predicted octanol–water partition coefficient (Wildman–Crippen LogP) is 3.51. The lowest BCUT2D eigenvalue weighted by Crippen LogP contribution is -2.06. The van der Waals surface area contributed by atoms with Crippen molar-refractivity contribution < 1.29 is 18.1 Å². The molecule has 0 bridgehead atoms. The Morgan fingerprint density at radius 1 is 1.29 bits per heavy atom. The normalized spacial score (nSPS) is 9.88. The summed E-state index contributed by atoms with van der Waals surface area (Å²) < 4.78 is 36.6. The van der Waals surface area contributed by atoms with Gasteiger partial charge in [0.1, 0.15) is 0 Å². The van der Waals surface area contributed by atoms with Crippen LogP contribution in [-0.4, -0.2) is 4.92 Å². The molecular weight excluding hydrogens is 237 g/mol. The Morgan fingerprint density at radius 2 is 1.82 bits per heavy atom. The Balaban J connectivity index is 0.00000121. The molecule has 0 fully saturated rings. The standard InChI is InChI=1S/C8H3F3N2O2.C2H6/c9-8(10,11)6-1-5(4-12)2-7(3-6)13(14)15;1-2/h1-3H;1-2H3. The Morgan fingerprint density at radius 3 is 2.18 bits per heavy atom. The number of nitriles is 1. The third-order valence-corrected chi connectivity index (χ3v) is 1.59. The molecule has 0 aliphatic heterocycles. The van der Waals surface area contributed by atoms with Crippen molar-refractivity contribution >= 4 is 5.69 Å². The SMILES string of the molecule is CC.N#Cc1cc([N+](=O)[O-])cc(C(F)(F)F)c1. The number of halogens is 3. The van der Waals surface area contributed by atoms with Crippen LogP contribution in [0.1, 0.15) is 25.0 Å². The van der Waals surface area contributed by atoms with E-state index in [4.69, 9.17) is 5.26 Å². The first-order valence-corrected chi connectivity index (χ1v) is 4.61. The first-order valence-electron chi connectivity index (χ1n) is 4.61. The molecule has 0 aliphatic carbocycles. The van der Waals surface area contributed by atoms with Gasteiger partial charge in [-0.05, 0) is 6.07 Å². The zero-order valence-electron chi connectivity index (χ0n) is 9.08. The van der Waals surface area contributed by atoms with Gasteiger partial charge in [-0.2, -0.15) is 18.4 Å². The van der Waals surface area contributed by atoms with Crippen molar-refractivity contribution in [3.63, 3.8) is 0 Å². The molecule has 0 radical (unpaired) electrons. The third kappa shape index (κ3) is 4.10. The second kappa shape index (κ2) is 5.84. The highest BCUT2D eigenvalue weighted by Crippen LogP contribution is 2.32. The lowest BCUT2D eigenvalue weighted by molar-refractivity contribution is -0.385. The van der Waals surface area contributed by atoms with Gasteiger partial charge in [0.05, 0.1) is 22.1 Å². The minimum Gasteiger partial charge on any atom is -0.258 e. The van der Waals surface area contributed by atoms with Crippen molar-refractivity contribution in [2.24, 2.45) is 0 Å². The number of hydrogen-bond acceptors (Lipinski definition) is 3. The lowest BCUT2D eigenvalue weighted by atomic mass is 10.1. The van der Waals surface area contributed by atoms with E-state index >= 15 is 0 Å². The highest BCUT2D eigenvalue weighted by Gasteiger charge is 2.32. The largest absolute Gasteiger partial charge is 0.416 e. The molecule has 0 amide bonds. The number of non-ortho nitro benzene ring substituents is 1. The van der Waals surface area contributed by atoms with Crippen molar-refractivity contribution in [1.29, 1.82) is 5.26 Å². The van der Waals surface area contributed by atoms with Crippen LogP contribution in [-0.2, 0) is 6.18 Å². The van der Waals surface area contributed by atoms with Crippen LogP contribution in [0.4, 0.5) is 18.9 Å². The van der Waals surface area contributed by atoms with Crippen molar-refractivity contribution in [2.45, 2.75) is 20.0 Å². The van der Waals surface area contributed by atoms with Gasteiger partial charge >= 0.3 is 6.18 Å². The number of hydrogen-bond donors (Lipinski definition) is 0. The molecule has 1 aromatic rings. The van der Waals surface area contributed by atoms with Crippen molar-refractivity contribution in [1.82, 2.24) is 0 Å². The van der Waals surface area contributed by atoms with E-state index in [1.807, 2.05) is 13.8 Å². The van der Waals surface area contributed by atoms with E-state index in [2.05, 4.69) is 0 Å². The molecule has 1 rings (SSSR count). The summed E-state index contributed by atoms with van der Waals surface area (Å²) in [4.78, 5) is 9.30. The lowest BCUT2D eigenvalue weighted by Gasteiger charge is -2.05. The first-order chi connectivity index (χ1) is 7.84. The van der Waals surface area contributed by atoms with Crippen LogP contribution in [0.3, 0.4) is 0 Å². The Labute approximate surface area is 95.4 Å². The topological polar surface area (TPSA) is 66.9 Å². The Kier molecular flexibility index (Phi) is 5.12. The van der Waals surface area contributed by atoms with Gasteiger partial charge < -0.3 is 0 Å². The minimum atomic E-state index is -4.70. The van der Waals surface area contributed by atoms with Crippen LogP contribution < -0.4 is 0 Å². The van der Waals surface area contributed by atoms with Gasteiger partial charge in [0.15, 0.2) is 0 Å². The van der Waals surface area contributed by atoms with E-state index in [1.54, 1.807) is 0 Å². The zero-order valence-corrected chi connectivity index (χ0v) is 9.08. The molecule has 92 valence electrons. The maximum Gasteiger partial charge on any atom is 0.416 e. The third-order valence-electron chi connectivity index (χ3n) is 1.59. The quantitative estimate of drug-likeness (QED) is 0.562. The van der Waals surface area contributed by atoms with E-state index in [0.717, 1.165) is 6.07 Å². The summed E-state index contributed by atoms with van der Waals surface area (Å²) in [5.41, 5.74) is -2.34. The van der Waals surface area contributed by atoms with E-state index in [-0.39, 0.29) is 0 Å². The smallest absolute Gasteiger partial charge is 0.258 e. The minimum absolute atomic E-state index is 0.390. The molecule has 4 nitrogen and oxygen atoms in total. The van der Waals surface area contributed by atoms with E-state index < -0.39 is 27.9 Å². The maximum absolute atomic E-state index is 12.2. The molecule has 0 spiro atoms. The van der Waals surface area contributed by atoms with Gasteiger partial charge in [0.2, 0.25) is 0 Å². The number of nitro groups is 1. The summed E-state index contributed by atoms with van der Waals surface area (Å²) in [7, 11) is 0. The van der Waals surface area contributed by atoms with E-state index in [1.165, 1.54) is 6.07 Å². The average molecular weight is 246 g/mol. The second-order valence-corrected chi connectivity index (χ2v) is 2.64. The summed E-state index contributed by atoms with van der Waals surface area (Å²) in [5.74, 6) is 0. The molecule has 0 saturated heterocycles. The van der Waals surface area contributed by atoms with Crippen molar-refractivity contribution in [3.8, 4) is 6.07 Å². The summed E-state index contributed by atoms with van der Waals surface area (Å²) in [6.07, 6.45) is -4.70. The molecule has 0 aliphatic rings. The van der Waals surface area contributed by atoms with E-state index in [9.17, 15) is 23.3 Å². The zero-order chi connectivity index (χ0) is 13.6. The molecule has 1 aromatic carbocycles. The van der Waals surface area contributed by atoms with Gasteiger partial charge in [-0.25, -0.2) is 0 Å². The summed E-state index contributed by atoms with van der Waals surface area (Å²) in [6, 6.07) is 3.17. The van der Waals surface area contributed by atoms with Gasteiger partial charge in [-0.3, -0.25) is 10.1 Å². The number of alkyl halides is 3. The van der Waals surface area contributed by atoms with Crippen LogP contribution >= 0.6 is 0 Å². The number of rotatable bonds is 1. The number of benzene rings is 1. The van der Waals surface area contributed by atoms with Gasteiger partial charge in [0.25, 0.3) is 5.69 Å². The molecule has 7 heteroatoms. The molecule has 0 saturated carbocycles. The van der Waals surface area contributed by atoms with Gasteiger partial charge in [-0.15, -0.1) is 0 Å². The summed E-state index contributed by atoms with van der Waals surface area (Å²) >= 11 is 0. The van der Waals surface area contributed by atoms with Crippen molar-refractivity contribution in [2.75, 3.05) is 0 Å².